The Labute approximate surface area is 111 Å². The summed E-state index contributed by atoms with van der Waals surface area (Å²) in [7, 11) is 1.20. The first kappa shape index (κ1) is 17.2. The van der Waals surface area contributed by atoms with Gasteiger partial charge < -0.3 is 25.6 Å². The molecule has 0 aromatic carbocycles. The third-order valence-corrected chi connectivity index (χ3v) is 2.46. The van der Waals surface area contributed by atoms with Crippen LogP contribution in [-0.2, 0) is 14.3 Å². The number of amides is 2. The minimum Gasteiger partial charge on any atom is -0.479 e. The Morgan fingerprint density at radius 2 is 1.84 bits per heavy atom. The van der Waals surface area contributed by atoms with E-state index in [0.717, 1.165) is 6.92 Å². The molecule has 19 heavy (non-hydrogen) atoms. The van der Waals surface area contributed by atoms with Crippen LogP contribution in [0.3, 0.4) is 0 Å². The number of nitrogens with one attached hydrogen (secondary N) is 2. The van der Waals surface area contributed by atoms with Gasteiger partial charge in [-0.1, -0.05) is 13.8 Å². The van der Waals surface area contributed by atoms with Crippen LogP contribution in [0.4, 0.5) is 4.79 Å². The Balaban J connectivity index is 4.44. The van der Waals surface area contributed by atoms with E-state index in [1.54, 1.807) is 13.8 Å². The number of carbonyl (C=O) groups excluding carboxylic acids is 2. The van der Waals surface area contributed by atoms with E-state index in [2.05, 4.69) is 15.4 Å². The quantitative estimate of drug-likeness (QED) is 0.476. The predicted molar refractivity (Wildman–Crippen MR) is 65.4 cm³/mol. The molecular formula is C11H20N2O6. The lowest BCUT2D eigenvalue weighted by molar-refractivity contribution is -0.155. The molecule has 2 amide bonds. The number of carboxylic acid groups (broad SMARTS) is 1. The van der Waals surface area contributed by atoms with Crippen molar-refractivity contribution in [1.29, 1.82) is 0 Å². The van der Waals surface area contributed by atoms with Crippen molar-refractivity contribution in [2.24, 2.45) is 5.92 Å². The number of urea groups is 1. The van der Waals surface area contributed by atoms with Crippen LogP contribution in [0.5, 0.6) is 0 Å². The van der Waals surface area contributed by atoms with Crippen LogP contribution in [-0.4, -0.2) is 53.5 Å². The molecule has 0 aromatic heterocycles. The standard InChI is InChI=1S/C11H20N2O6/c1-6(2)7(8(14)19-4)13-10(17)12-5-11(3,18)9(15)16/h6-7,18H,5H2,1-4H3,(H,15,16)(H2,12,13,17). The lowest BCUT2D eigenvalue weighted by Gasteiger charge is -2.22. The van der Waals surface area contributed by atoms with Crippen molar-refractivity contribution in [2.75, 3.05) is 13.7 Å². The second-order valence-electron chi connectivity index (χ2n) is 4.65. The van der Waals surface area contributed by atoms with Gasteiger partial charge in [-0.05, 0) is 12.8 Å². The van der Waals surface area contributed by atoms with Crippen LogP contribution >= 0.6 is 0 Å². The van der Waals surface area contributed by atoms with Crippen molar-refractivity contribution < 1.29 is 29.3 Å². The van der Waals surface area contributed by atoms with Crippen molar-refractivity contribution in [3.63, 3.8) is 0 Å². The second kappa shape index (κ2) is 6.93. The molecule has 4 N–H and O–H groups in total. The first-order chi connectivity index (χ1) is 8.61. The molecule has 0 radical (unpaired) electrons. The average molecular weight is 276 g/mol. The third-order valence-electron chi connectivity index (χ3n) is 2.46. The molecule has 0 heterocycles. The maximum atomic E-state index is 11.5. The van der Waals surface area contributed by atoms with Gasteiger partial charge in [0.15, 0.2) is 5.60 Å². The van der Waals surface area contributed by atoms with Crippen LogP contribution in [0.1, 0.15) is 20.8 Å². The van der Waals surface area contributed by atoms with E-state index in [0.29, 0.717) is 0 Å². The maximum absolute atomic E-state index is 11.5. The highest BCUT2D eigenvalue weighted by molar-refractivity contribution is 5.84. The zero-order valence-corrected chi connectivity index (χ0v) is 11.4. The van der Waals surface area contributed by atoms with E-state index in [1.165, 1.54) is 7.11 Å². The van der Waals surface area contributed by atoms with E-state index in [9.17, 15) is 19.5 Å². The number of esters is 1. The van der Waals surface area contributed by atoms with Crippen molar-refractivity contribution >= 4 is 18.0 Å². The largest absolute Gasteiger partial charge is 0.479 e. The number of hydrogen-bond acceptors (Lipinski definition) is 5. The summed E-state index contributed by atoms with van der Waals surface area (Å²) in [5.41, 5.74) is -2.07. The zero-order valence-electron chi connectivity index (χ0n) is 11.4. The Hall–Kier alpha value is -1.83. The molecule has 0 rings (SSSR count). The highest BCUT2D eigenvalue weighted by atomic mass is 16.5. The van der Waals surface area contributed by atoms with Crippen LogP contribution in [0, 0.1) is 5.92 Å². The number of hydrogen-bond donors (Lipinski definition) is 4. The molecule has 8 nitrogen and oxygen atoms in total. The number of ether oxygens (including phenoxy) is 1. The first-order valence-electron chi connectivity index (χ1n) is 5.69. The topological polar surface area (TPSA) is 125 Å². The molecule has 0 aromatic rings. The predicted octanol–water partition coefficient (Wildman–Crippen LogP) is -0.681. The van der Waals surface area contributed by atoms with Crippen molar-refractivity contribution in [3.8, 4) is 0 Å². The van der Waals surface area contributed by atoms with Crippen molar-refractivity contribution in [3.05, 3.63) is 0 Å². The number of aliphatic hydroxyl groups is 1. The van der Waals surface area contributed by atoms with E-state index in [-0.39, 0.29) is 5.92 Å². The number of methoxy groups -OCH3 is 1. The molecule has 0 saturated carbocycles. The number of carboxylic acids is 1. The molecule has 0 aliphatic carbocycles. The third kappa shape index (κ3) is 5.56. The van der Waals surface area contributed by atoms with Crippen LogP contribution < -0.4 is 10.6 Å². The lowest BCUT2D eigenvalue weighted by atomic mass is 10.1. The van der Waals surface area contributed by atoms with E-state index >= 15 is 0 Å². The highest BCUT2D eigenvalue weighted by Gasteiger charge is 2.31. The fraction of sp³-hybridized carbons (Fsp3) is 0.727. The normalized spacial score (nSPS) is 15.3. The fourth-order valence-electron chi connectivity index (χ4n) is 1.14. The number of aliphatic carboxylic acids is 1. The summed E-state index contributed by atoms with van der Waals surface area (Å²) < 4.78 is 4.53. The summed E-state index contributed by atoms with van der Waals surface area (Å²) in [5, 5.41) is 22.6. The SMILES string of the molecule is COC(=O)C(NC(=O)NCC(C)(O)C(=O)O)C(C)C. The van der Waals surface area contributed by atoms with E-state index in [4.69, 9.17) is 5.11 Å². The van der Waals surface area contributed by atoms with E-state index in [1.807, 2.05) is 0 Å². The highest BCUT2D eigenvalue weighted by Crippen LogP contribution is 2.04. The summed E-state index contributed by atoms with van der Waals surface area (Å²) >= 11 is 0. The van der Waals surface area contributed by atoms with Gasteiger partial charge in [-0.3, -0.25) is 0 Å². The molecule has 0 bridgehead atoms. The van der Waals surface area contributed by atoms with Gasteiger partial charge in [0, 0.05) is 0 Å². The molecular weight excluding hydrogens is 256 g/mol. The summed E-state index contributed by atoms with van der Waals surface area (Å²) in [5.74, 6) is -2.26. The maximum Gasteiger partial charge on any atom is 0.337 e. The minimum absolute atomic E-state index is 0.196. The Kier molecular flexibility index (Phi) is 6.26. The van der Waals surface area contributed by atoms with Crippen LogP contribution in [0.25, 0.3) is 0 Å². The van der Waals surface area contributed by atoms with E-state index < -0.39 is 36.2 Å². The van der Waals surface area contributed by atoms with Gasteiger partial charge in [0.05, 0.1) is 13.7 Å². The van der Waals surface area contributed by atoms with Gasteiger partial charge >= 0.3 is 18.0 Å². The Morgan fingerprint density at radius 3 is 2.21 bits per heavy atom. The molecule has 8 heteroatoms. The summed E-state index contributed by atoms with van der Waals surface area (Å²) in [6.07, 6.45) is 0. The second-order valence-corrected chi connectivity index (χ2v) is 4.65. The molecule has 0 spiro atoms. The smallest absolute Gasteiger partial charge is 0.337 e. The van der Waals surface area contributed by atoms with Gasteiger partial charge in [-0.15, -0.1) is 0 Å². The number of rotatable bonds is 6. The van der Waals surface area contributed by atoms with Gasteiger partial charge in [0.2, 0.25) is 0 Å². The molecule has 2 atom stereocenters. The van der Waals surface area contributed by atoms with Crippen molar-refractivity contribution in [2.45, 2.75) is 32.4 Å². The van der Waals surface area contributed by atoms with Crippen molar-refractivity contribution in [1.82, 2.24) is 10.6 Å². The molecule has 0 aliphatic rings. The van der Waals surface area contributed by atoms with Gasteiger partial charge in [0.1, 0.15) is 6.04 Å². The molecule has 0 saturated heterocycles. The number of carbonyl (C=O) groups is 3. The van der Waals surface area contributed by atoms with Gasteiger partial charge in [-0.2, -0.15) is 0 Å². The summed E-state index contributed by atoms with van der Waals surface area (Å²) in [4.78, 5) is 33.5. The van der Waals surface area contributed by atoms with Crippen LogP contribution in [0.15, 0.2) is 0 Å². The zero-order chi connectivity index (χ0) is 15.2. The molecule has 110 valence electrons. The average Bonchev–Trinajstić information content (AvgIpc) is 2.32. The monoisotopic (exact) mass is 276 g/mol. The van der Waals surface area contributed by atoms with Gasteiger partial charge in [-0.25, -0.2) is 14.4 Å². The summed E-state index contributed by atoms with van der Waals surface area (Å²) in [6.45, 7) is 4.00. The fourth-order valence-corrected chi connectivity index (χ4v) is 1.14. The molecule has 0 fully saturated rings. The Morgan fingerprint density at radius 1 is 1.32 bits per heavy atom. The minimum atomic E-state index is -2.07. The molecule has 0 aliphatic heterocycles. The Bertz CT molecular complexity index is 353. The molecule has 2 unspecified atom stereocenters. The lowest BCUT2D eigenvalue weighted by Crippen LogP contribution is -2.53. The van der Waals surface area contributed by atoms with Gasteiger partial charge in [0.25, 0.3) is 0 Å². The summed E-state index contributed by atoms with van der Waals surface area (Å²) in [6, 6.07) is -1.61. The first-order valence-corrected chi connectivity index (χ1v) is 5.69. The van der Waals surface area contributed by atoms with Crippen LogP contribution in [0.2, 0.25) is 0 Å².